The normalized spacial score (nSPS) is 17.7. The Labute approximate surface area is 206 Å². The largest absolute Gasteiger partial charge is 0.446 e. The highest BCUT2D eigenvalue weighted by molar-refractivity contribution is 5.97. The first-order chi connectivity index (χ1) is 17.0. The van der Waals surface area contributed by atoms with Crippen LogP contribution in [-0.4, -0.2) is 28.3 Å². The number of nitrogens with one attached hydrogen (secondary N) is 3. The first-order valence-corrected chi connectivity index (χ1v) is 11.6. The van der Waals surface area contributed by atoms with Crippen molar-refractivity contribution >= 4 is 17.8 Å². The third-order valence-corrected chi connectivity index (χ3v) is 6.46. The summed E-state index contributed by atoms with van der Waals surface area (Å²) in [5, 5.41) is 12.3. The number of halogens is 3. The molecule has 2 amide bonds. The van der Waals surface area contributed by atoms with Gasteiger partial charge in [-0.05, 0) is 43.9 Å². The number of hydrogen-bond acceptors (Lipinski definition) is 4. The summed E-state index contributed by atoms with van der Waals surface area (Å²) in [6, 6.07) is 16.3. The van der Waals surface area contributed by atoms with Gasteiger partial charge in [0.1, 0.15) is 6.10 Å². The first-order valence-electron chi connectivity index (χ1n) is 11.6. The third kappa shape index (κ3) is 5.69. The van der Waals surface area contributed by atoms with Crippen LogP contribution < -0.4 is 10.6 Å². The van der Waals surface area contributed by atoms with Gasteiger partial charge in [-0.1, -0.05) is 48.5 Å². The van der Waals surface area contributed by atoms with Gasteiger partial charge in [0.25, 0.3) is 0 Å². The molecule has 1 fully saturated rings. The van der Waals surface area contributed by atoms with Crippen molar-refractivity contribution < 1.29 is 27.5 Å². The van der Waals surface area contributed by atoms with Crippen LogP contribution in [0.15, 0.2) is 60.7 Å². The predicted molar refractivity (Wildman–Crippen MR) is 127 cm³/mol. The monoisotopic (exact) mass is 500 g/mol. The molecule has 1 aromatic heterocycles. The maximum absolute atomic E-state index is 13.1. The smallest absolute Gasteiger partial charge is 0.416 e. The zero-order valence-electron chi connectivity index (χ0n) is 19.9. The molecule has 3 aromatic rings. The van der Waals surface area contributed by atoms with Crippen LogP contribution in [0.5, 0.6) is 0 Å². The lowest BCUT2D eigenvalue weighted by molar-refractivity contribution is -0.138. The van der Waals surface area contributed by atoms with Crippen molar-refractivity contribution in [3.8, 4) is 0 Å². The standard InChI is InChI=1S/C26H27F3N4O3/c1-25(2,18-9-4-3-5-10-18)23(34)31-22-14-21(32-33-22)17-12-19(13-17)36-24(35)30-15-16-8-6-7-11-20(16)26(27,28)29/h3-11,14,17,19H,12-13,15H2,1-2H3,(H,30,35)(H2,31,32,33,34)/t17-,19+. The number of ether oxygens (including phenoxy) is 1. The van der Waals surface area contributed by atoms with E-state index in [2.05, 4.69) is 20.8 Å². The van der Waals surface area contributed by atoms with Crippen LogP contribution in [0.2, 0.25) is 0 Å². The van der Waals surface area contributed by atoms with Crippen molar-refractivity contribution in [2.75, 3.05) is 5.32 Å². The SMILES string of the molecule is CC(C)(C(=O)Nc1cc([C@H]2C[C@@H](OC(=O)NCc3ccccc3C(F)(F)F)C2)[nH]n1)c1ccccc1. The Kier molecular flexibility index (Phi) is 7.05. The number of H-pyrrole nitrogens is 1. The van der Waals surface area contributed by atoms with Crippen molar-refractivity contribution in [2.24, 2.45) is 0 Å². The van der Waals surface area contributed by atoms with Gasteiger partial charge >= 0.3 is 12.3 Å². The molecule has 36 heavy (non-hydrogen) atoms. The van der Waals surface area contributed by atoms with Crippen molar-refractivity contribution in [3.63, 3.8) is 0 Å². The fourth-order valence-corrected chi connectivity index (χ4v) is 4.10. The van der Waals surface area contributed by atoms with Gasteiger partial charge < -0.3 is 15.4 Å². The van der Waals surface area contributed by atoms with Gasteiger partial charge in [-0.2, -0.15) is 18.3 Å². The average molecular weight is 501 g/mol. The molecule has 190 valence electrons. The number of aromatic nitrogens is 2. The quantitative estimate of drug-likeness (QED) is 0.398. The molecule has 0 atom stereocenters. The summed E-state index contributed by atoms with van der Waals surface area (Å²) in [4.78, 5) is 24.9. The predicted octanol–water partition coefficient (Wildman–Crippen LogP) is 5.52. The Bertz CT molecular complexity index is 1220. The molecule has 1 aliphatic carbocycles. The van der Waals surface area contributed by atoms with Crippen molar-refractivity contribution in [2.45, 2.75) is 56.8 Å². The Morgan fingerprint density at radius 1 is 1.06 bits per heavy atom. The van der Waals surface area contributed by atoms with Crippen LogP contribution in [0.4, 0.5) is 23.8 Å². The van der Waals surface area contributed by atoms with Crippen LogP contribution in [-0.2, 0) is 27.7 Å². The molecule has 3 N–H and O–H groups in total. The average Bonchev–Trinajstić information content (AvgIpc) is 3.27. The second-order valence-corrected chi connectivity index (χ2v) is 9.36. The van der Waals surface area contributed by atoms with E-state index in [1.165, 1.54) is 18.2 Å². The summed E-state index contributed by atoms with van der Waals surface area (Å²) in [6.07, 6.45) is -4.54. The second-order valence-electron chi connectivity index (χ2n) is 9.36. The van der Waals surface area contributed by atoms with E-state index in [-0.39, 0.29) is 30.0 Å². The third-order valence-electron chi connectivity index (χ3n) is 6.46. The van der Waals surface area contributed by atoms with Gasteiger partial charge in [0, 0.05) is 24.2 Å². The number of hydrogen-bond donors (Lipinski definition) is 3. The molecule has 7 nitrogen and oxygen atoms in total. The summed E-state index contributed by atoms with van der Waals surface area (Å²) in [5.41, 5.74) is 0.128. The van der Waals surface area contributed by atoms with E-state index in [9.17, 15) is 22.8 Å². The van der Waals surface area contributed by atoms with E-state index in [1.54, 1.807) is 6.07 Å². The molecule has 10 heteroatoms. The molecule has 0 aliphatic heterocycles. The number of benzene rings is 2. The highest BCUT2D eigenvalue weighted by atomic mass is 19.4. The number of aromatic amines is 1. The summed E-state index contributed by atoms with van der Waals surface area (Å²) < 4.78 is 44.6. The zero-order valence-corrected chi connectivity index (χ0v) is 19.9. The Morgan fingerprint density at radius 2 is 1.72 bits per heavy atom. The minimum absolute atomic E-state index is 0.0316. The molecule has 0 radical (unpaired) electrons. The van der Waals surface area contributed by atoms with Gasteiger partial charge in [0.05, 0.1) is 11.0 Å². The number of alkyl halides is 3. The topological polar surface area (TPSA) is 96.1 Å². The lowest BCUT2D eigenvalue weighted by Gasteiger charge is -2.33. The molecule has 1 saturated carbocycles. The minimum Gasteiger partial charge on any atom is -0.446 e. The summed E-state index contributed by atoms with van der Waals surface area (Å²) in [7, 11) is 0. The Balaban J connectivity index is 1.24. The molecule has 1 aliphatic rings. The van der Waals surface area contributed by atoms with Crippen molar-refractivity contribution in [1.82, 2.24) is 15.5 Å². The highest BCUT2D eigenvalue weighted by Crippen LogP contribution is 2.39. The molecule has 0 bridgehead atoms. The second kappa shape index (κ2) is 10.0. The zero-order chi connectivity index (χ0) is 25.9. The maximum Gasteiger partial charge on any atom is 0.416 e. The minimum atomic E-state index is -4.50. The number of carbonyl (C=O) groups is 2. The number of amides is 2. The van der Waals surface area contributed by atoms with E-state index in [1.807, 2.05) is 44.2 Å². The van der Waals surface area contributed by atoms with Crippen LogP contribution in [0.25, 0.3) is 0 Å². The van der Waals surface area contributed by atoms with Crippen LogP contribution >= 0.6 is 0 Å². The van der Waals surface area contributed by atoms with Crippen LogP contribution in [0.1, 0.15) is 55.0 Å². The van der Waals surface area contributed by atoms with E-state index < -0.39 is 23.2 Å². The van der Waals surface area contributed by atoms with E-state index >= 15 is 0 Å². The van der Waals surface area contributed by atoms with Crippen LogP contribution in [0, 0.1) is 0 Å². The van der Waals surface area contributed by atoms with Gasteiger partial charge in [0.15, 0.2) is 5.82 Å². The summed E-state index contributed by atoms with van der Waals surface area (Å²) in [6.45, 7) is 3.39. The van der Waals surface area contributed by atoms with Crippen LogP contribution in [0.3, 0.4) is 0 Å². The summed E-state index contributed by atoms with van der Waals surface area (Å²) in [5.74, 6) is 0.281. The first kappa shape index (κ1) is 25.3. The number of rotatable bonds is 7. The van der Waals surface area contributed by atoms with Crippen molar-refractivity contribution in [3.05, 3.63) is 83.0 Å². The fourth-order valence-electron chi connectivity index (χ4n) is 4.10. The molecule has 4 rings (SSSR count). The number of nitrogens with zero attached hydrogens (tertiary/aromatic N) is 1. The molecular formula is C26H27F3N4O3. The molecule has 2 aromatic carbocycles. The van der Waals surface area contributed by atoms with Crippen molar-refractivity contribution in [1.29, 1.82) is 0 Å². The Morgan fingerprint density at radius 3 is 2.42 bits per heavy atom. The number of alkyl carbamates (subject to hydrolysis) is 1. The molecule has 0 saturated heterocycles. The van der Waals surface area contributed by atoms with Gasteiger partial charge in [-0.3, -0.25) is 9.89 Å². The molecule has 0 unspecified atom stereocenters. The van der Waals surface area contributed by atoms with E-state index in [0.717, 1.165) is 17.3 Å². The fraction of sp³-hybridized carbons (Fsp3) is 0.346. The highest BCUT2D eigenvalue weighted by Gasteiger charge is 2.36. The Hall–Kier alpha value is -3.82. The lowest BCUT2D eigenvalue weighted by Crippen LogP contribution is -2.36. The molecular weight excluding hydrogens is 473 g/mol. The molecule has 1 heterocycles. The maximum atomic E-state index is 13.1. The summed E-state index contributed by atoms with van der Waals surface area (Å²) >= 11 is 0. The lowest BCUT2D eigenvalue weighted by atomic mass is 9.80. The van der Waals surface area contributed by atoms with E-state index in [4.69, 9.17) is 4.74 Å². The van der Waals surface area contributed by atoms with Gasteiger partial charge in [-0.15, -0.1) is 0 Å². The number of carbonyl (C=O) groups excluding carboxylic acids is 2. The van der Waals surface area contributed by atoms with Gasteiger partial charge in [-0.25, -0.2) is 4.79 Å². The molecule has 0 spiro atoms. The number of anilines is 1. The van der Waals surface area contributed by atoms with Gasteiger partial charge in [0.2, 0.25) is 5.91 Å². The van der Waals surface area contributed by atoms with E-state index in [0.29, 0.717) is 18.7 Å².